The maximum absolute atomic E-state index is 3.71. The van der Waals surface area contributed by atoms with Gasteiger partial charge in [0, 0.05) is 37.4 Å². The first-order valence-electron chi connectivity index (χ1n) is 13.6. The van der Waals surface area contributed by atoms with E-state index in [1.165, 1.54) is 71.7 Å². The molecule has 190 valence electrons. The molecule has 2 heterocycles. The smallest absolute Gasteiger partial charge is 0.0541 e. The molecule has 0 atom stereocenters. The molecule has 2 aromatic heterocycles. The molecule has 8 rings (SSSR count). The molecule has 0 aliphatic carbocycles. The van der Waals surface area contributed by atoms with Crippen LogP contribution in [0.25, 0.3) is 66.1 Å². The minimum Gasteiger partial charge on any atom is -0.309 e. The van der Waals surface area contributed by atoms with Gasteiger partial charge in [-0.25, -0.2) is 0 Å². The molecule has 3 heteroatoms. The molecule has 40 heavy (non-hydrogen) atoms. The number of benzene rings is 6. The highest BCUT2D eigenvalue weighted by molar-refractivity contribution is 9.10. The van der Waals surface area contributed by atoms with Crippen LogP contribution in [-0.2, 0) is 0 Å². The number of nitrogens with zero attached hydrogens (tertiary/aromatic N) is 2. The summed E-state index contributed by atoms with van der Waals surface area (Å²) in [7, 11) is 0. The van der Waals surface area contributed by atoms with Crippen LogP contribution in [-0.4, -0.2) is 9.13 Å². The van der Waals surface area contributed by atoms with E-state index in [0.717, 1.165) is 4.47 Å². The lowest BCUT2D eigenvalue weighted by molar-refractivity contribution is 1.17. The number of fused-ring (bicyclic) bond motifs is 6. The Morgan fingerprint density at radius 1 is 0.425 bits per heavy atom. The maximum atomic E-state index is 3.71. The van der Waals surface area contributed by atoms with E-state index in [-0.39, 0.29) is 0 Å². The van der Waals surface area contributed by atoms with Gasteiger partial charge in [0.25, 0.3) is 0 Å². The van der Waals surface area contributed by atoms with Crippen molar-refractivity contribution in [3.05, 3.63) is 143 Å². The molecular weight excluding hydrogens is 552 g/mol. The van der Waals surface area contributed by atoms with Crippen molar-refractivity contribution < 1.29 is 0 Å². The summed E-state index contributed by atoms with van der Waals surface area (Å²) in [5, 5.41) is 5.06. The number of para-hydroxylation sites is 3. The van der Waals surface area contributed by atoms with Crippen LogP contribution in [0.2, 0.25) is 0 Å². The third-order valence-corrected chi connectivity index (χ3v) is 8.44. The van der Waals surface area contributed by atoms with Gasteiger partial charge in [-0.1, -0.05) is 82.7 Å². The zero-order valence-electron chi connectivity index (χ0n) is 22.0. The number of rotatable bonds is 3. The topological polar surface area (TPSA) is 9.86 Å². The van der Waals surface area contributed by atoms with Crippen LogP contribution in [0, 0.1) is 6.92 Å². The second kappa shape index (κ2) is 8.97. The highest BCUT2D eigenvalue weighted by Gasteiger charge is 2.16. The standard InChI is InChI=1S/C37H25BrN2/c1-24-19-27(38)23-29(20-24)40-35-14-8-6-12-31(35)33-22-26(16-18-37(33)40)25-15-17-36-32(21-25)30-11-5-7-13-34(30)39(36)28-9-3-2-4-10-28/h2-23H,1H3. The van der Waals surface area contributed by atoms with Gasteiger partial charge in [0.2, 0.25) is 0 Å². The number of halogens is 1. The largest absolute Gasteiger partial charge is 0.309 e. The Balaban J connectivity index is 1.36. The first-order valence-corrected chi connectivity index (χ1v) is 14.3. The van der Waals surface area contributed by atoms with Gasteiger partial charge in [-0.3, -0.25) is 0 Å². The van der Waals surface area contributed by atoms with E-state index in [2.05, 4.69) is 165 Å². The summed E-state index contributed by atoms with van der Waals surface area (Å²) in [5.41, 5.74) is 10.9. The molecule has 0 aliphatic heterocycles. The van der Waals surface area contributed by atoms with Crippen molar-refractivity contribution in [2.24, 2.45) is 0 Å². The maximum Gasteiger partial charge on any atom is 0.0541 e. The SMILES string of the molecule is Cc1cc(Br)cc(-n2c3ccccc3c3cc(-c4ccc5c(c4)c4ccccc4n5-c4ccccc4)ccc32)c1. The summed E-state index contributed by atoms with van der Waals surface area (Å²) < 4.78 is 5.83. The van der Waals surface area contributed by atoms with Crippen LogP contribution in [0.5, 0.6) is 0 Å². The first-order chi connectivity index (χ1) is 19.7. The van der Waals surface area contributed by atoms with E-state index in [1.807, 2.05) is 0 Å². The van der Waals surface area contributed by atoms with E-state index in [4.69, 9.17) is 0 Å². The second-order valence-corrected chi connectivity index (χ2v) is 11.4. The highest BCUT2D eigenvalue weighted by atomic mass is 79.9. The summed E-state index contributed by atoms with van der Waals surface area (Å²) in [6.07, 6.45) is 0. The Morgan fingerprint density at radius 2 is 0.925 bits per heavy atom. The molecule has 0 unspecified atom stereocenters. The summed E-state index contributed by atoms with van der Waals surface area (Å²) in [6, 6.07) is 48.4. The average molecular weight is 578 g/mol. The molecule has 0 aliphatic rings. The van der Waals surface area contributed by atoms with Crippen molar-refractivity contribution >= 4 is 59.5 Å². The average Bonchev–Trinajstić information content (AvgIpc) is 3.49. The van der Waals surface area contributed by atoms with Crippen molar-refractivity contribution in [3.8, 4) is 22.5 Å². The van der Waals surface area contributed by atoms with Crippen LogP contribution >= 0.6 is 15.9 Å². The molecule has 0 fully saturated rings. The van der Waals surface area contributed by atoms with Gasteiger partial charge in [0.1, 0.15) is 0 Å². The van der Waals surface area contributed by atoms with Gasteiger partial charge < -0.3 is 9.13 Å². The minimum atomic E-state index is 1.09. The number of aromatic nitrogens is 2. The van der Waals surface area contributed by atoms with Crippen LogP contribution in [0.1, 0.15) is 5.56 Å². The van der Waals surface area contributed by atoms with E-state index >= 15 is 0 Å². The fraction of sp³-hybridized carbons (Fsp3) is 0.0270. The van der Waals surface area contributed by atoms with Crippen molar-refractivity contribution in [1.82, 2.24) is 9.13 Å². The molecule has 6 aromatic carbocycles. The third kappa shape index (κ3) is 3.55. The van der Waals surface area contributed by atoms with Crippen molar-refractivity contribution in [3.63, 3.8) is 0 Å². The minimum absolute atomic E-state index is 1.09. The third-order valence-electron chi connectivity index (χ3n) is 7.98. The quantitative estimate of drug-likeness (QED) is 0.198. The molecule has 2 nitrogen and oxygen atoms in total. The Labute approximate surface area is 240 Å². The fourth-order valence-electron chi connectivity index (χ4n) is 6.28. The van der Waals surface area contributed by atoms with Gasteiger partial charge in [-0.15, -0.1) is 0 Å². The zero-order valence-corrected chi connectivity index (χ0v) is 23.6. The lowest BCUT2D eigenvalue weighted by atomic mass is 10.0. The molecule has 0 amide bonds. The summed E-state index contributed by atoms with van der Waals surface area (Å²) >= 11 is 3.71. The number of aryl methyl sites for hydroxylation is 1. The predicted octanol–water partition coefficient (Wildman–Crippen LogP) is 10.6. The lowest BCUT2D eigenvalue weighted by Crippen LogP contribution is -1.94. The van der Waals surface area contributed by atoms with Crippen LogP contribution in [0.3, 0.4) is 0 Å². The van der Waals surface area contributed by atoms with E-state index in [9.17, 15) is 0 Å². The molecule has 0 bridgehead atoms. The predicted molar refractivity (Wildman–Crippen MR) is 173 cm³/mol. The van der Waals surface area contributed by atoms with Crippen molar-refractivity contribution in [1.29, 1.82) is 0 Å². The summed E-state index contributed by atoms with van der Waals surface area (Å²) in [6.45, 7) is 2.14. The second-order valence-electron chi connectivity index (χ2n) is 10.5. The van der Waals surface area contributed by atoms with Gasteiger partial charge in [0.05, 0.1) is 22.1 Å². The summed E-state index contributed by atoms with van der Waals surface area (Å²) in [4.78, 5) is 0. The molecular formula is C37H25BrN2. The van der Waals surface area contributed by atoms with Crippen molar-refractivity contribution in [2.45, 2.75) is 6.92 Å². The highest BCUT2D eigenvalue weighted by Crippen LogP contribution is 2.38. The molecule has 0 radical (unpaired) electrons. The molecule has 0 N–H and O–H groups in total. The van der Waals surface area contributed by atoms with Gasteiger partial charge in [0.15, 0.2) is 0 Å². The Kier molecular flexibility index (Phi) is 5.23. The summed E-state index contributed by atoms with van der Waals surface area (Å²) in [5.74, 6) is 0. The van der Waals surface area contributed by atoms with Gasteiger partial charge >= 0.3 is 0 Å². The normalized spacial score (nSPS) is 11.8. The molecule has 8 aromatic rings. The lowest BCUT2D eigenvalue weighted by Gasteiger charge is -2.10. The number of hydrogen-bond donors (Lipinski definition) is 0. The van der Waals surface area contributed by atoms with Crippen LogP contribution in [0.15, 0.2) is 138 Å². The van der Waals surface area contributed by atoms with Gasteiger partial charge in [-0.2, -0.15) is 0 Å². The number of hydrogen-bond acceptors (Lipinski definition) is 0. The van der Waals surface area contributed by atoms with Gasteiger partial charge in [-0.05, 0) is 90.3 Å². The molecule has 0 saturated carbocycles. The zero-order chi connectivity index (χ0) is 26.8. The fourth-order valence-corrected chi connectivity index (χ4v) is 6.88. The first kappa shape index (κ1) is 23.3. The van der Waals surface area contributed by atoms with Crippen molar-refractivity contribution in [2.75, 3.05) is 0 Å². The Morgan fingerprint density at radius 3 is 1.50 bits per heavy atom. The monoisotopic (exact) mass is 576 g/mol. The molecule has 0 spiro atoms. The van der Waals surface area contributed by atoms with E-state index in [1.54, 1.807) is 0 Å². The van der Waals surface area contributed by atoms with E-state index in [0.29, 0.717) is 0 Å². The Hall–Kier alpha value is -4.60. The van der Waals surface area contributed by atoms with Crippen LogP contribution < -0.4 is 0 Å². The molecule has 0 saturated heterocycles. The Bertz CT molecular complexity index is 2210. The van der Waals surface area contributed by atoms with E-state index < -0.39 is 0 Å². The van der Waals surface area contributed by atoms with Crippen LogP contribution in [0.4, 0.5) is 0 Å².